The van der Waals surface area contributed by atoms with Crippen molar-refractivity contribution in [3.63, 3.8) is 0 Å². The lowest BCUT2D eigenvalue weighted by atomic mass is 10.1. The zero-order chi connectivity index (χ0) is 14.2. The molecule has 1 aromatic heterocycles. The summed E-state index contributed by atoms with van der Waals surface area (Å²) in [5.41, 5.74) is 2.81. The monoisotopic (exact) mass is 272 g/mol. The molecule has 0 saturated heterocycles. The van der Waals surface area contributed by atoms with Gasteiger partial charge in [0.25, 0.3) is 0 Å². The minimum absolute atomic E-state index is 0.977. The molecule has 0 saturated carbocycles. The predicted molar refractivity (Wildman–Crippen MR) is 88.1 cm³/mol. The van der Waals surface area contributed by atoms with Crippen LogP contribution >= 0.6 is 0 Å². The molecule has 110 valence electrons. The lowest BCUT2D eigenvalue weighted by Gasteiger charge is -2.08. The van der Waals surface area contributed by atoms with Crippen LogP contribution in [0.1, 0.15) is 51.5 Å². The highest BCUT2D eigenvalue weighted by Gasteiger charge is 2.05. The maximum atomic E-state index is 3.50. The number of nitrogens with zero attached hydrogens (tertiary/aromatic N) is 1. The van der Waals surface area contributed by atoms with E-state index in [0.29, 0.717) is 0 Å². The largest absolute Gasteiger partial charge is 0.347 e. The Morgan fingerprint density at radius 3 is 2.70 bits per heavy atom. The Balaban J connectivity index is 2.04. The second-order valence-corrected chi connectivity index (χ2v) is 5.60. The van der Waals surface area contributed by atoms with Gasteiger partial charge in [0.2, 0.25) is 0 Å². The van der Waals surface area contributed by atoms with E-state index in [1.807, 2.05) is 0 Å². The van der Waals surface area contributed by atoms with Crippen molar-refractivity contribution in [1.29, 1.82) is 0 Å². The standard InChI is InChI=1S/C18H28N2/c1-3-5-6-7-13-20-14-11-17-16(15-19-12-4-2)9-8-10-18(17)20/h8-11,14,19H,3-7,12-13,15H2,1-2H3. The summed E-state index contributed by atoms with van der Waals surface area (Å²) < 4.78 is 2.41. The summed E-state index contributed by atoms with van der Waals surface area (Å²) in [5, 5.41) is 4.91. The molecule has 1 aromatic carbocycles. The zero-order valence-corrected chi connectivity index (χ0v) is 13.0. The van der Waals surface area contributed by atoms with Gasteiger partial charge >= 0.3 is 0 Å². The number of benzene rings is 1. The summed E-state index contributed by atoms with van der Waals surface area (Å²) >= 11 is 0. The first-order valence-electron chi connectivity index (χ1n) is 8.14. The van der Waals surface area contributed by atoms with E-state index in [2.05, 4.69) is 54.2 Å². The summed E-state index contributed by atoms with van der Waals surface area (Å²) in [4.78, 5) is 0. The average molecular weight is 272 g/mol. The smallest absolute Gasteiger partial charge is 0.0483 e. The van der Waals surface area contributed by atoms with Crippen molar-refractivity contribution in [1.82, 2.24) is 9.88 Å². The Hall–Kier alpha value is -1.28. The molecular weight excluding hydrogens is 244 g/mol. The highest BCUT2D eigenvalue weighted by molar-refractivity contribution is 5.83. The van der Waals surface area contributed by atoms with Crippen LogP contribution in [0.2, 0.25) is 0 Å². The molecule has 20 heavy (non-hydrogen) atoms. The molecule has 0 bridgehead atoms. The summed E-state index contributed by atoms with van der Waals surface area (Å²) in [6.07, 6.45) is 8.73. The Bertz CT molecular complexity index is 513. The molecule has 0 atom stereocenters. The lowest BCUT2D eigenvalue weighted by molar-refractivity contribution is 0.593. The third-order valence-corrected chi connectivity index (χ3v) is 3.90. The van der Waals surface area contributed by atoms with E-state index in [4.69, 9.17) is 0 Å². The third-order valence-electron chi connectivity index (χ3n) is 3.90. The van der Waals surface area contributed by atoms with E-state index in [-0.39, 0.29) is 0 Å². The van der Waals surface area contributed by atoms with Gasteiger partial charge in [0.05, 0.1) is 0 Å². The fourth-order valence-corrected chi connectivity index (χ4v) is 2.75. The molecule has 0 radical (unpaired) electrons. The van der Waals surface area contributed by atoms with Gasteiger partial charge in [-0.1, -0.05) is 45.2 Å². The fraction of sp³-hybridized carbons (Fsp3) is 0.556. The molecule has 0 fully saturated rings. The highest BCUT2D eigenvalue weighted by Crippen LogP contribution is 2.21. The first-order valence-corrected chi connectivity index (χ1v) is 8.14. The average Bonchev–Trinajstić information content (AvgIpc) is 2.88. The Morgan fingerprint density at radius 2 is 1.90 bits per heavy atom. The predicted octanol–water partition coefficient (Wildman–Crippen LogP) is 4.72. The minimum Gasteiger partial charge on any atom is -0.347 e. The van der Waals surface area contributed by atoms with Gasteiger partial charge in [-0.15, -0.1) is 0 Å². The lowest BCUT2D eigenvalue weighted by Crippen LogP contribution is -2.13. The molecule has 0 spiro atoms. The number of nitrogens with one attached hydrogen (secondary N) is 1. The number of hydrogen-bond acceptors (Lipinski definition) is 1. The molecule has 0 aliphatic rings. The van der Waals surface area contributed by atoms with Crippen molar-refractivity contribution >= 4 is 10.9 Å². The van der Waals surface area contributed by atoms with Gasteiger partial charge in [0.15, 0.2) is 0 Å². The number of rotatable bonds is 9. The summed E-state index contributed by atoms with van der Waals surface area (Å²) in [6.45, 7) is 7.69. The quantitative estimate of drug-likeness (QED) is 0.653. The highest BCUT2D eigenvalue weighted by atomic mass is 14.9. The summed E-state index contributed by atoms with van der Waals surface area (Å²) in [6, 6.07) is 8.96. The SMILES string of the molecule is CCCCCCn1ccc2c(CNCCC)cccc21. The van der Waals surface area contributed by atoms with Crippen LogP contribution in [0.4, 0.5) is 0 Å². The molecule has 0 amide bonds. The van der Waals surface area contributed by atoms with Crippen molar-refractivity contribution in [3.8, 4) is 0 Å². The van der Waals surface area contributed by atoms with Crippen molar-refractivity contribution in [2.45, 2.75) is 59.0 Å². The molecule has 2 nitrogen and oxygen atoms in total. The molecule has 2 heteroatoms. The molecule has 1 N–H and O–H groups in total. The Morgan fingerprint density at radius 1 is 1.00 bits per heavy atom. The van der Waals surface area contributed by atoms with Crippen LogP contribution in [-0.4, -0.2) is 11.1 Å². The van der Waals surface area contributed by atoms with Crippen molar-refractivity contribution in [3.05, 3.63) is 36.0 Å². The molecule has 2 aromatic rings. The zero-order valence-electron chi connectivity index (χ0n) is 13.0. The van der Waals surface area contributed by atoms with E-state index in [0.717, 1.165) is 19.6 Å². The number of aromatic nitrogens is 1. The van der Waals surface area contributed by atoms with Crippen LogP contribution in [0, 0.1) is 0 Å². The van der Waals surface area contributed by atoms with Crippen molar-refractivity contribution in [2.75, 3.05) is 6.54 Å². The number of aryl methyl sites for hydroxylation is 1. The van der Waals surface area contributed by atoms with Gasteiger partial charge in [-0.2, -0.15) is 0 Å². The van der Waals surface area contributed by atoms with Crippen LogP contribution in [0.3, 0.4) is 0 Å². The van der Waals surface area contributed by atoms with E-state index in [1.54, 1.807) is 0 Å². The van der Waals surface area contributed by atoms with Crippen LogP contribution in [-0.2, 0) is 13.1 Å². The van der Waals surface area contributed by atoms with Gasteiger partial charge in [0.1, 0.15) is 0 Å². The second kappa shape index (κ2) is 8.11. The minimum atomic E-state index is 0.977. The maximum absolute atomic E-state index is 3.50. The van der Waals surface area contributed by atoms with Crippen LogP contribution in [0.5, 0.6) is 0 Å². The molecule has 1 heterocycles. The number of hydrogen-bond donors (Lipinski definition) is 1. The fourth-order valence-electron chi connectivity index (χ4n) is 2.75. The first kappa shape index (κ1) is 15.1. The Kier molecular flexibility index (Phi) is 6.13. The normalized spacial score (nSPS) is 11.3. The second-order valence-electron chi connectivity index (χ2n) is 5.60. The van der Waals surface area contributed by atoms with Crippen LogP contribution < -0.4 is 5.32 Å². The first-order chi connectivity index (χ1) is 9.86. The van der Waals surface area contributed by atoms with E-state index >= 15 is 0 Å². The van der Waals surface area contributed by atoms with E-state index in [9.17, 15) is 0 Å². The molecule has 2 rings (SSSR count). The van der Waals surface area contributed by atoms with Gasteiger partial charge in [-0.25, -0.2) is 0 Å². The van der Waals surface area contributed by atoms with E-state index < -0.39 is 0 Å². The van der Waals surface area contributed by atoms with Crippen LogP contribution in [0.25, 0.3) is 10.9 Å². The molecule has 0 aliphatic carbocycles. The third kappa shape index (κ3) is 3.86. The molecule has 0 aliphatic heterocycles. The Labute approximate surface area is 123 Å². The van der Waals surface area contributed by atoms with Crippen molar-refractivity contribution < 1.29 is 0 Å². The topological polar surface area (TPSA) is 17.0 Å². The number of unbranched alkanes of at least 4 members (excludes halogenated alkanes) is 3. The van der Waals surface area contributed by atoms with Gasteiger partial charge < -0.3 is 9.88 Å². The molecule has 0 unspecified atom stereocenters. The van der Waals surface area contributed by atoms with Crippen LogP contribution in [0.15, 0.2) is 30.5 Å². The number of fused-ring (bicyclic) bond motifs is 1. The summed E-state index contributed by atoms with van der Waals surface area (Å²) in [7, 11) is 0. The van der Waals surface area contributed by atoms with Gasteiger partial charge in [0, 0.05) is 30.2 Å². The maximum Gasteiger partial charge on any atom is 0.0483 e. The van der Waals surface area contributed by atoms with Crippen molar-refractivity contribution in [2.24, 2.45) is 0 Å². The summed E-state index contributed by atoms with van der Waals surface area (Å²) in [5.74, 6) is 0. The van der Waals surface area contributed by atoms with E-state index in [1.165, 1.54) is 48.6 Å². The van der Waals surface area contributed by atoms with Gasteiger partial charge in [-0.05, 0) is 37.1 Å². The van der Waals surface area contributed by atoms with Gasteiger partial charge in [-0.3, -0.25) is 0 Å². The molecular formula is C18H28N2.